The van der Waals surface area contributed by atoms with Crippen molar-refractivity contribution in [2.24, 2.45) is 5.10 Å². The van der Waals surface area contributed by atoms with Gasteiger partial charge in [-0.3, -0.25) is 4.79 Å². The Bertz CT molecular complexity index is 995. The molecule has 0 aromatic carbocycles. The Kier molecular flexibility index (Phi) is 3.45. The fourth-order valence-corrected chi connectivity index (χ4v) is 4.40. The summed E-state index contributed by atoms with van der Waals surface area (Å²) in [6.07, 6.45) is 3.15. The van der Waals surface area contributed by atoms with Gasteiger partial charge in [0.1, 0.15) is 11.2 Å². The van der Waals surface area contributed by atoms with Gasteiger partial charge in [0.05, 0.1) is 11.6 Å². The van der Waals surface area contributed by atoms with Crippen molar-refractivity contribution in [2.75, 3.05) is 0 Å². The van der Waals surface area contributed by atoms with Crippen LogP contribution in [0.4, 0.5) is 0 Å². The summed E-state index contributed by atoms with van der Waals surface area (Å²) < 4.78 is 1.30. The number of hydrogen-bond acceptors (Lipinski definition) is 6. The van der Waals surface area contributed by atoms with Gasteiger partial charge in [0, 0.05) is 20.7 Å². The first-order valence-corrected chi connectivity index (χ1v) is 9.07. The van der Waals surface area contributed by atoms with E-state index in [2.05, 4.69) is 10.1 Å². The first-order valence-electron chi connectivity index (χ1n) is 6.43. The van der Waals surface area contributed by atoms with E-state index in [1.807, 2.05) is 40.4 Å². The van der Waals surface area contributed by atoms with Crippen molar-refractivity contribution in [3.05, 3.63) is 62.0 Å². The van der Waals surface area contributed by atoms with Crippen LogP contribution in [0.25, 0.3) is 20.7 Å². The molecule has 0 atom stereocenters. The van der Waals surface area contributed by atoms with E-state index in [0.29, 0.717) is 5.39 Å². The fourth-order valence-electron chi connectivity index (χ4n) is 2.10. The zero-order chi connectivity index (χ0) is 14.9. The van der Waals surface area contributed by atoms with Crippen molar-refractivity contribution >= 4 is 50.4 Å². The Morgan fingerprint density at radius 3 is 2.77 bits per heavy atom. The van der Waals surface area contributed by atoms with E-state index in [9.17, 15) is 4.79 Å². The number of nitrogens with zero attached hydrogens (tertiary/aromatic N) is 3. The Morgan fingerprint density at radius 2 is 2.00 bits per heavy atom. The summed E-state index contributed by atoms with van der Waals surface area (Å²) >= 11 is 4.67. The Labute approximate surface area is 137 Å². The molecule has 4 nitrogen and oxygen atoms in total. The van der Waals surface area contributed by atoms with Crippen molar-refractivity contribution in [2.45, 2.75) is 0 Å². The van der Waals surface area contributed by atoms with Crippen LogP contribution in [0.15, 0.2) is 56.6 Å². The minimum Gasteiger partial charge on any atom is -0.267 e. The van der Waals surface area contributed by atoms with Crippen LogP contribution in [0.3, 0.4) is 0 Å². The summed E-state index contributed by atoms with van der Waals surface area (Å²) in [7, 11) is 0. The second-order valence-corrected chi connectivity index (χ2v) is 7.25. The average Bonchev–Trinajstić information content (AvgIpc) is 3.27. The van der Waals surface area contributed by atoms with Crippen molar-refractivity contribution in [1.29, 1.82) is 0 Å². The molecule has 0 unspecified atom stereocenters. The lowest BCUT2D eigenvalue weighted by atomic mass is 10.2. The molecule has 4 aromatic heterocycles. The van der Waals surface area contributed by atoms with Crippen LogP contribution >= 0.6 is 34.0 Å². The minimum atomic E-state index is -0.137. The van der Waals surface area contributed by atoms with Crippen molar-refractivity contribution < 1.29 is 0 Å². The van der Waals surface area contributed by atoms with Crippen LogP contribution in [0, 0.1) is 0 Å². The quantitative estimate of drug-likeness (QED) is 0.525. The van der Waals surface area contributed by atoms with Gasteiger partial charge in [-0.05, 0) is 22.9 Å². The number of thiophene rings is 3. The van der Waals surface area contributed by atoms with Crippen LogP contribution in [0.2, 0.25) is 0 Å². The highest BCUT2D eigenvalue weighted by Gasteiger charge is 2.13. The first-order chi connectivity index (χ1) is 10.8. The molecule has 4 aromatic rings. The van der Waals surface area contributed by atoms with Crippen LogP contribution in [0.5, 0.6) is 0 Å². The van der Waals surface area contributed by atoms with Gasteiger partial charge in [-0.15, -0.1) is 34.0 Å². The second-order valence-electron chi connectivity index (χ2n) is 4.46. The van der Waals surface area contributed by atoms with E-state index in [1.165, 1.54) is 22.3 Å². The lowest BCUT2D eigenvalue weighted by molar-refractivity contribution is 0.819. The maximum absolute atomic E-state index is 12.7. The van der Waals surface area contributed by atoms with Gasteiger partial charge in [-0.1, -0.05) is 12.1 Å². The molecule has 0 aliphatic heterocycles. The zero-order valence-corrected chi connectivity index (χ0v) is 13.6. The van der Waals surface area contributed by atoms with Gasteiger partial charge < -0.3 is 0 Å². The lowest BCUT2D eigenvalue weighted by Crippen LogP contribution is -2.16. The molecule has 0 amide bonds. The van der Waals surface area contributed by atoms with E-state index in [4.69, 9.17) is 0 Å². The molecule has 0 radical (unpaired) electrons. The summed E-state index contributed by atoms with van der Waals surface area (Å²) in [6.45, 7) is 0. The maximum Gasteiger partial charge on any atom is 0.283 e. The molecule has 22 heavy (non-hydrogen) atoms. The number of rotatable bonds is 3. The smallest absolute Gasteiger partial charge is 0.267 e. The molecule has 0 saturated heterocycles. The van der Waals surface area contributed by atoms with Gasteiger partial charge in [-0.2, -0.15) is 9.78 Å². The highest BCUT2D eigenvalue weighted by atomic mass is 32.1. The predicted molar refractivity (Wildman–Crippen MR) is 94.5 cm³/mol. The minimum absolute atomic E-state index is 0.137. The average molecular weight is 343 g/mol. The van der Waals surface area contributed by atoms with Gasteiger partial charge >= 0.3 is 0 Å². The predicted octanol–water partition coefficient (Wildman–Crippen LogP) is 4.13. The molecule has 0 bridgehead atoms. The summed E-state index contributed by atoms with van der Waals surface area (Å²) in [5, 5.41) is 10.8. The van der Waals surface area contributed by atoms with Crippen LogP contribution in [0.1, 0.15) is 4.88 Å². The molecule has 4 rings (SSSR count). The van der Waals surface area contributed by atoms with Gasteiger partial charge in [-0.25, -0.2) is 4.98 Å². The summed E-state index contributed by atoms with van der Waals surface area (Å²) in [5.74, 6) is 0. The number of hydrogen-bond donors (Lipinski definition) is 0. The SMILES string of the molecule is O=c1c2c(-c3cccs3)csc2ncn1N=Cc1cccs1. The van der Waals surface area contributed by atoms with Crippen LogP contribution in [-0.4, -0.2) is 15.9 Å². The summed E-state index contributed by atoms with van der Waals surface area (Å²) in [4.78, 5) is 19.9. The molecule has 0 N–H and O–H groups in total. The maximum atomic E-state index is 12.7. The lowest BCUT2D eigenvalue weighted by Gasteiger charge is -1.99. The van der Waals surface area contributed by atoms with E-state index in [-0.39, 0.29) is 5.56 Å². The summed E-state index contributed by atoms with van der Waals surface area (Å²) in [5.41, 5.74) is 0.802. The van der Waals surface area contributed by atoms with Crippen molar-refractivity contribution in [1.82, 2.24) is 9.66 Å². The molecule has 4 heterocycles. The number of aromatic nitrogens is 2. The third kappa shape index (κ3) is 2.33. The van der Waals surface area contributed by atoms with E-state index < -0.39 is 0 Å². The molecule has 108 valence electrons. The Balaban J connectivity index is 1.86. The van der Waals surface area contributed by atoms with Gasteiger partial charge in [0.15, 0.2) is 0 Å². The number of fused-ring (bicyclic) bond motifs is 1. The molecule has 0 fully saturated rings. The highest BCUT2D eigenvalue weighted by Crippen LogP contribution is 2.33. The second kappa shape index (κ2) is 5.60. The fraction of sp³-hybridized carbons (Fsp3) is 0. The van der Waals surface area contributed by atoms with Crippen molar-refractivity contribution in [3.8, 4) is 10.4 Å². The zero-order valence-electron chi connectivity index (χ0n) is 11.2. The largest absolute Gasteiger partial charge is 0.283 e. The third-order valence-electron chi connectivity index (χ3n) is 3.12. The van der Waals surface area contributed by atoms with E-state index in [1.54, 1.807) is 28.9 Å². The van der Waals surface area contributed by atoms with E-state index >= 15 is 0 Å². The first kappa shape index (κ1) is 13.6. The van der Waals surface area contributed by atoms with Gasteiger partial charge in [0.25, 0.3) is 5.56 Å². The summed E-state index contributed by atoms with van der Waals surface area (Å²) in [6, 6.07) is 7.89. The van der Waals surface area contributed by atoms with Crippen LogP contribution < -0.4 is 5.56 Å². The topological polar surface area (TPSA) is 47.2 Å². The standard InChI is InChI=1S/C15H9N3OS3/c19-15-13-11(12-4-2-6-21-12)8-22-14(13)16-9-18(15)17-7-10-3-1-5-20-10/h1-9H. The Morgan fingerprint density at radius 1 is 1.14 bits per heavy atom. The van der Waals surface area contributed by atoms with Gasteiger partial charge in [0.2, 0.25) is 0 Å². The Hall–Kier alpha value is -2.09. The third-order valence-corrected chi connectivity index (χ3v) is 5.71. The monoisotopic (exact) mass is 343 g/mol. The molecular weight excluding hydrogens is 334 g/mol. The van der Waals surface area contributed by atoms with Crippen LogP contribution in [-0.2, 0) is 0 Å². The molecule has 7 heteroatoms. The van der Waals surface area contributed by atoms with E-state index in [0.717, 1.165) is 20.1 Å². The molecule has 0 aliphatic rings. The van der Waals surface area contributed by atoms with Crippen molar-refractivity contribution in [3.63, 3.8) is 0 Å². The molecule has 0 saturated carbocycles. The molecule has 0 aliphatic carbocycles. The highest BCUT2D eigenvalue weighted by molar-refractivity contribution is 7.18. The molecule has 0 spiro atoms. The molecular formula is C15H9N3OS3. The normalized spacial score (nSPS) is 11.6.